The van der Waals surface area contributed by atoms with Gasteiger partial charge in [0.25, 0.3) is 0 Å². The molecule has 0 N–H and O–H groups in total. The van der Waals surface area contributed by atoms with Crippen LogP contribution in [0, 0.1) is 11.3 Å². The second kappa shape index (κ2) is 4.86. The predicted molar refractivity (Wildman–Crippen MR) is 56.4 cm³/mol. The van der Waals surface area contributed by atoms with E-state index in [4.69, 9.17) is 0 Å². The molecule has 0 aromatic rings. The van der Waals surface area contributed by atoms with Gasteiger partial charge in [-0.2, -0.15) is 0 Å². The van der Waals surface area contributed by atoms with Crippen molar-refractivity contribution in [3.05, 3.63) is 0 Å². The first-order valence-electron chi connectivity index (χ1n) is 5.06. The molecular formula is C11H25N. The van der Waals surface area contributed by atoms with Crippen molar-refractivity contribution in [1.82, 2.24) is 4.90 Å². The van der Waals surface area contributed by atoms with Gasteiger partial charge in [-0.05, 0) is 24.8 Å². The summed E-state index contributed by atoms with van der Waals surface area (Å²) in [6, 6.07) is 0. The van der Waals surface area contributed by atoms with Crippen molar-refractivity contribution < 1.29 is 0 Å². The van der Waals surface area contributed by atoms with Crippen LogP contribution in [0.2, 0.25) is 0 Å². The zero-order valence-corrected chi connectivity index (χ0v) is 9.65. The molecule has 0 spiro atoms. The third kappa shape index (κ3) is 5.59. The Labute approximate surface area is 78.1 Å². The normalized spacial score (nSPS) is 13.0. The molecule has 74 valence electrons. The second-order valence-corrected chi connectivity index (χ2v) is 5.11. The Balaban J connectivity index is 3.75. The lowest BCUT2D eigenvalue weighted by Crippen LogP contribution is -2.33. The van der Waals surface area contributed by atoms with E-state index >= 15 is 0 Å². The first-order chi connectivity index (χ1) is 5.37. The minimum Gasteiger partial charge on any atom is -0.306 e. The van der Waals surface area contributed by atoms with Crippen LogP contribution in [0.4, 0.5) is 0 Å². The summed E-state index contributed by atoms with van der Waals surface area (Å²) in [4.78, 5) is 2.44. The highest BCUT2D eigenvalue weighted by Gasteiger charge is 2.17. The van der Waals surface area contributed by atoms with Crippen LogP contribution in [0.25, 0.3) is 0 Å². The maximum Gasteiger partial charge on any atom is 0.00296 e. The van der Waals surface area contributed by atoms with E-state index in [-0.39, 0.29) is 0 Å². The Hall–Kier alpha value is -0.0400. The summed E-state index contributed by atoms with van der Waals surface area (Å²) in [5.41, 5.74) is 0.476. The molecule has 1 heteroatoms. The molecule has 1 nitrogen and oxygen atoms in total. The van der Waals surface area contributed by atoms with Crippen LogP contribution in [0.1, 0.15) is 41.0 Å². The van der Waals surface area contributed by atoms with E-state index in [0.29, 0.717) is 5.41 Å². The Bertz CT molecular complexity index is 116. The molecule has 0 atom stereocenters. The highest BCUT2D eigenvalue weighted by atomic mass is 15.1. The second-order valence-electron chi connectivity index (χ2n) is 5.11. The molecule has 12 heavy (non-hydrogen) atoms. The summed E-state index contributed by atoms with van der Waals surface area (Å²) in [5, 5.41) is 0. The van der Waals surface area contributed by atoms with Crippen LogP contribution in [-0.2, 0) is 0 Å². The van der Waals surface area contributed by atoms with Gasteiger partial charge in [0.1, 0.15) is 0 Å². The van der Waals surface area contributed by atoms with Crippen LogP contribution < -0.4 is 0 Å². The number of rotatable bonds is 5. The standard InChI is InChI=1S/C11H25N/c1-7-11(4,5)9-12(6)8-10(2)3/h10H,7-9H2,1-6H3. The molecule has 0 saturated carbocycles. The van der Waals surface area contributed by atoms with Crippen LogP contribution in [0.15, 0.2) is 0 Å². The largest absolute Gasteiger partial charge is 0.306 e. The molecule has 0 fully saturated rings. The van der Waals surface area contributed by atoms with Crippen LogP contribution >= 0.6 is 0 Å². The zero-order valence-electron chi connectivity index (χ0n) is 9.65. The smallest absolute Gasteiger partial charge is 0.00296 e. The van der Waals surface area contributed by atoms with Gasteiger partial charge in [-0.1, -0.05) is 34.6 Å². The Morgan fingerprint density at radius 1 is 1.25 bits per heavy atom. The third-order valence-electron chi connectivity index (χ3n) is 2.33. The van der Waals surface area contributed by atoms with Crippen LogP contribution in [0.5, 0.6) is 0 Å². The first kappa shape index (κ1) is 12.0. The summed E-state index contributed by atoms with van der Waals surface area (Å²) >= 11 is 0. The minimum absolute atomic E-state index is 0.476. The van der Waals surface area contributed by atoms with Gasteiger partial charge < -0.3 is 4.90 Å². The quantitative estimate of drug-likeness (QED) is 0.614. The van der Waals surface area contributed by atoms with E-state index in [2.05, 4.69) is 46.6 Å². The highest BCUT2D eigenvalue weighted by Crippen LogP contribution is 2.20. The van der Waals surface area contributed by atoms with Crippen molar-refractivity contribution >= 4 is 0 Å². The van der Waals surface area contributed by atoms with Crippen molar-refractivity contribution in [2.75, 3.05) is 20.1 Å². The SMILES string of the molecule is CCC(C)(C)CN(C)CC(C)C. The van der Waals surface area contributed by atoms with E-state index in [1.54, 1.807) is 0 Å². The number of hydrogen-bond acceptors (Lipinski definition) is 1. The van der Waals surface area contributed by atoms with Gasteiger partial charge in [0, 0.05) is 13.1 Å². The van der Waals surface area contributed by atoms with Crippen molar-refractivity contribution in [3.63, 3.8) is 0 Å². The van der Waals surface area contributed by atoms with Gasteiger partial charge in [0.05, 0.1) is 0 Å². The van der Waals surface area contributed by atoms with E-state index in [1.165, 1.54) is 19.5 Å². The van der Waals surface area contributed by atoms with Gasteiger partial charge >= 0.3 is 0 Å². The number of nitrogens with zero attached hydrogens (tertiary/aromatic N) is 1. The van der Waals surface area contributed by atoms with E-state index in [9.17, 15) is 0 Å². The van der Waals surface area contributed by atoms with Crippen molar-refractivity contribution in [1.29, 1.82) is 0 Å². The lowest BCUT2D eigenvalue weighted by atomic mass is 9.89. The van der Waals surface area contributed by atoms with Gasteiger partial charge in [-0.3, -0.25) is 0 Å². The summed E-state index contributed by atoms with van der Waals surface area (Å²) in [5.74, 6) is 0.780. The van der Waals surface area contributed by atoms with Gasteiger partial charge in [-0.25, -0.2) is 0 Å². The van der Waals surface area contributed by atoms with Crippen LogP contribution in [-0.4, -0.2) is 25.0 Å². The lowest BCUT2D eigenvalue weighted by molar-refractivity contribution is 0.189. The van der Waals surface area contributed by atoms with Gasteiger partial charge in [0.2, 0.25) is 0 Å². The summed E-state index contributed by atoms with van der Waals surface area (Å²) in [6.45, 7) is 13.9. The van der Waals surface area contributed by atoms with E-state index in [1.807, 2.05) is 0 Å². The fraction of sp³-hybridized carbons (Fsp3) is 1.00. The maximum absolute atomic E-state index is 2.44. The average Bonchev–Trinajstić information content (AvgIpc) is 1.84. The van der Waals surface area contributed by atoms with Crippen molar-refractivity contribution in [2.24, 2.45) is 11.3 Å². The predicted octanol–water partition coefficient (Wildman–Crippen LogP) is 3.01. The molecule has 0 heterocycles. The fourth-order valence-corrected chi connectivity index (χ4v) is 1.53. The average molecular weight is 171 g/mol. The minimum atomic E-state index is 0.476. The van der Waals surface area contributed by atoms with Gasteiger partial charge in [-0.15, -0.1) is 0 Å². The molecule has 0 aliphatic heterocycles. The molecule has 0 radical (unpaired) electrons. The summed E-state index contributed by atoms with van der Waals surface area (Å²) in [7, 11) is 2.22. The summed E-state index contributed by atoms with van der Waals surface area (Å²) < 4.78 is 0. The molecule has 0 rings (SSSR count). The Morgan fingerprint density at radius 2 is 1.75 bits per heavy atom. The monoisotopic (exact) mass is 171 g/mol. The molecule has 0 saturated heterocycles. The van der Waals surface area contributed by atoms with Gasteiger partial charge in [0.15, 0.2) is 0 Å². The first-order valence-corrected chi connectivity index (χ1v) is 5.06. The lowest BCUT2D eigenvalue weighted by Gasteiger charge is -2.30. The zero-order chi connectivity index (χ0) is 9.78. The van der Waals surface area contributed by atoms with Crippen LogP contribution in [0.3, 0.4) is 0 Å². The maximum atomic E-state index is 2.44. The molecule has 0 unspecified atom stereocenters. The molecule has 0 aromatic carbocycles. The van der Waals surface area contributed by atoms with E-state index < -0.39 is 0 Å². The molecule has 0 aromatic heterocycles. The fourth-order valence-electron chi connectivity index (χ4n) is 1.53. The Kier molecular flexibility index (Phi) is 4.84. The molecular weight excluding hydrogens is 146 g/mol. The van der Waals surface area contributed by atoms with Crippen molar-refractivity contribution in [3.8, 4) is 0 Å². The molecule has 0 aliphatic carbocycles. The highest BCUT2D eigenvalue weighted by molar-refractivity contribution is 4.70. The third-order valence-corrected chi connectivity index (χ3v) is 2.33. The van der Waals surface area contributed by atoms with E-state index in [0.717, 1.165) is 5.92 Å². The molecule has 0 amide bonds. The molecule has 0 aliphatic rings. The van der Waals surface area contributed by atoms with Crippen molar-refractivity contribution in [2.45, 2.75) is 41.0 Å². The topological polar surface area (TPSA) is 3.24 Å². The molecule has 0 bridgehead atoms. The summed E-state index contributed by atoms with van der Waals surface area (Å²) in [6.07, 6.45) is 1.26. The number of hydrogen-bond donors (Lipinski definition) is 0. The Morgan fingerprint density at radius 3 is 2.08 bits per heavy atom.